The molecule has 0 saturated heterocycles. The molecule has 174 valence electrons. The van der Waals surface area contributed by atoms with E-state index in [1.807, 2.05) is 49.0 Å². The number of anilines is 1. The summed E-state index contributed by atoms with van der Waals surface area (Å²) in [6, 6.07) is 5.61. The lowest BCUT2D eigenvalue weighted by molar-refractivity contribution is 0.0330. The standard InChI is InChI=1S/C25H41N3O3/c1-18-14-28(19(2)17-29)25(30)22-13-21(26(3)4)11-12-23(22)31-24(18)16-27(5)15-20-9-7-6-8-10-20/h11-13,18-20,24,29H,6-10,14-17H2,1-5H3/t18-,19-,24+/m1/s1. The largest absolute Gasteiger partial charge is 0.488 e. The van der Waals surface area contributed by atoms with E-state index in [0.29, 0.717) is 17.9 Å². The number of fused-ring (bicyclic) bond motifs is 1. The van der Waals surface area contributed by atoms with E-state index in [9.17, 15) is 9.90 Å². The molecule has 3 atom stereocenters. The molecule has 1 fully saturated rings. The second-order valence-corrected chi connectivity index (χ2v) is 9.92. The maximum absolute atomic E-state index is 13.4. The highest BCUT2D eigenvalue weighted by Crippen LogP contribution is 2.31. The number of benzene rings is 1. The Morgan fingerprint density at radius 3 is 2.52 bits per heavy atom. The zero-order chi connectivity index (χ0) is 22.5. The molecule has 6 nitrogen and oxygen atoms in total. The maximum Gasteiger partial charge on any atom is 0.258 e. The van der Waals surface area contributed by atoms with Crippen LogP contribution in [0.4, 0.5) is 5.69 Å². The lowest BCUT2D eigenvalue weighted by Gasteiger charge is -2.39. The quantitative estimate of drug-likeness (QED) is 0.716. The zero-order valence-corrected chi connectivity index (χ0v) is 20.0. The van der Waals surface area contributed by atoms with Crippen LogP contribution in [0.15, 0.2) is 18.2 Å². The van der Waals surface area contributed by atoms with Crippen molar-refractivity contribution in [3.63, 3.8) is 0 Å². The van der Waals surface area contributed by atoms with Gasteiger partial charge in [-0.3, -0.25) is 4.79 Å². The number of likely N-dealkylation sites (N-methyl/N-ethyl adjacent to an activating group) is 1. The van der Waals surface area contributed by atoms with E-state index in [2.05, 4.69) is 18.9 Å². The lowest BCUT2D eigenvalue weighted by atomic mass is 9.89. The molecule has 2 aliphatic rings. The molecule has 1 aliphatic heterocycles. The predicted octanol–water partition coefficient (Wildman–Crippen LogP) is 3.48. The van der Waals surface area contributed by atoms with Crippen LogP contribution in [-0.4, -0.2) is 80.3 Å². The highest BCUT2D eigenvalue weighted by molar-refractivity contribution is 5.98. The molecule has 1 aromatic rings. The Bertz CT molecular complexity index is 733. The number of carbonyl (C=O) groups excluding carboxylic acids is 1. The van der Waals surface area contributed by atoms with Crippen molar-refractivity contribution in [2.45, 2.75) is 58.1 Å². The minimum absolute atomic E-state index is 0.0148. The molecule has 0 aromatic heterocycles. The molecule has 3 rings (SSSR count). The number of aliphatic hydroxyl groups excluding tert-OH is 1. The van der Waals surface area contributed by atoms with Gasteiger partial charge in [0.2, 0.25) is 0 Å². The molecule has 0 spiro atoms. The first-order valence-electron chi connectivity index (χ1n) is 11.9. The molecule has 6 heteroatoms. The van der Waals surface area contributed by atoms with Crippen LogP contribution in [-0.2, 0) is 0 Å². The molecule has 1 saturated carbocycles. The smallest absolute Gasteiger partial charge is 0.258 e. The number of hydrogen-bond acceptors (Lipinski definition) is 5. The van der Waals surface area contributed by atoms with Crippen molar-refractivity contribution in [3.8, 4) is 5.75 Å². The Morgan fingerprint density at radius 1 is 1.16 bits per heavy atom. The number of aliphatic hydroxyl groups is 1. The molecule has 1 heterocycles. The third-order valence-corrected chi connectivity index (χ3v) is 6.95. The van der Waals surface area contributed by atoms with Gasteiger partial charge in [-0.15, -0.1) is 0 Å². The summed E-state index contributed by atoms with van der Waals surface area (Å²) in [5.74, 6) is 1.52. The number of rotatable bonds is 7. The van der Waals surface area contributed by atoms with Gasteiger partial charge in [0, 0.05) is 45.3 Å². The Kier molecular flexibility index (Phi) is 8.23. The monoisotopic (exact) mass is 431 g/mol. The van der Waals surface area contributed by atoms with Crippen molar-refractivity contribution >= 4 is 11.6 Å². The van der Waals surface area contributed by atoms with E-state index >= 15 is 0 Å². The molecule has 1 aliphatic carbocycles. The summed E-state index contributed by atoms with van der Waals surface area (Å²) in [4.78, 5) is 19.6. The van der Waals surface area contributed by atoms with Gasteiger partial charge in [0.15, 0.2) is 0 Å². The zero-order valence-electron chi connectivity index (χ0n) is 20.0. The van der Waals surface area contributed by atoms with Gasteiger partial charge < -0.3 is 24.5 Å². The van der Waals surface area contributed by atoms with Crippen LogP contribution in [0.1, 0.15) is 56.3 Å². The molecule has 1 aromatic carbocycles. The van der Waals surface area contributed by atoms with Crippen molar-refractivity contribution in [2.24, 2.45) is 11.8 Å². The fraction of sp³-hybridized carbons (Fsp3) is 0.720. The van der Waals surface area contributed by atoms with Crippen molar-refractivity contribution < 1.29 is 14.6 Å². The first kappa shape index (κ1) is 23.9. The summed E-state index contributed by atoms with van der Waals surface area (Å²) in [7, 11) is 6.13. The highest BCUT2D eigenvalue weighted by Gasteiger charge is 2.33. The third kappa shape index (κ3) is 5.92. The third-order valence-electron chi connectivity index (χ3n) is 6.95. The van der Waals surface area contributed by atoms with E-state index in [1.54, 1.807) is 0 Å². The van der Waals surface area contributed by atoms with E-state index < -0.39 is 0 Å². The Balaban J connectivity index is 1.84. The van der Waals surface area contributed by atoms with E-state index in [1.165, 1.54) is 32.1 Å². The van der Waals surface area contributed by atoms with Crippen molar-refractivity contribution in [1.29, 1.82) is 0 Å². The summed E-state index contributed by atoms with van der Waals surface area (Å²) in [5, 5.41) is 9.80. The number of hydrogen-bond donors (Lipinski definition) is 1. The van der Waals surface area contributed by atoms with Crippen LogP contribution >= 0.6 is 0 Å². The predicted molar refractivity (Wildman–Crippen MR) is 126 cm³/mol. The Morgan fingerprint density at radius 2 is 1.87 bits per heavy atom. The van der Waals surface area contributed by atoms with Gasteiger partial charge in [0.1, 0.15) is 11.9 Å². The normalized spacial score (nSPS) is 23.7. The number of ether oxygens (including phenoxy) is 1. The Hall–Kier alpha value is -1.79. The van der Waals surface area contributed by atoms with Gasteiger partial charge in [-0.25, -0.2) is 0 Å². The minimum atomic E-state index is -0.232. The average molecular weight is 432 g/mol. The van der Waals surface area contributed by atoms with Gasteiger partial charge in [0.05, 0.1) is 18.2 Å². The van der Waals surface area contributed by atoms with Crippen molar-refractivity contribution in [3.05, 3.63) is 23.8 Å². The summed E-state index contributed by atoms with van der Waals surface area (Å²) in [6.45, 7) is 6.54. The van der Waals surface area contributed by atoms with Gasteiger partial charge in [0.25, 0.3) is 5.91 Å². The fourth-order valence-electron chi connectivity index (χ4n) is 4.90. The topological polar surface area (TPSA) is 56.3 Å². The van der Waals surface area contributed by atoms with Crippen LogP contribution in [0.5, 0.6) is 5.75 Å². The summed E-state index contributed by atoms with van der Waals surface area (Å²) in [5.41, 5.74) is 1.55. The summed E-state index contributed by atoms with van der Waals surface area (Å²) >= 11 is 0. The number of carbonyl (C=O) groups is 1. The second-order valence-electron chi connectivity index (χ2n) is 9.92. The van der Waals surface area contributed by atoms with Crippen LogP contribution in [0.2, 0.25) is 0 Å². The van der Waals surface area contributed by atoms with Gasteiger partial charge in [-0.2, -0.15) is 0 Å². The maximum atomic E-state index is 13.4. The second kappa shape index (κ2) is 10.7. The summed E-state index contributed by atoms with van der Waals surface area (Å²) in [6.07, 6.45) is 6.73. The van der Waals surface area contributed by atoms with Crippen LogP contribution in [0.25, 0.3) is 0 Å². The molecule has 0 bridgehead atoms. The lowest BCUT2D eigenvalue weighted by Crippen LogP contribution is -2.50. The molecular formula is C25H41N3O3. The molecule has 1 N–H and O–H groups in total. The molecule has 1 amide bonds. The average Bonchev–Trinajstić information content (AvgIpc) is 2.75. The van der Waals surface area contributed by atoms with Crippen LogP contribution in [0.3, 0.4) is 0 Å². The van der Waals surface area contributed by atoms with Gasteiger partial charge >= 0.3 is 0 Å². The molecule has 0 radical (unpaired) electrons. The molecular weight excluding hydrogens is 390 g/mol. The van der Waals surface area contributed by atoms with E-state index in [4.69, 9.17) is 4.74 Å². The fourth-order valence-corrected chi connectivity index (χ4v) is 4.90. The minimum Gasteiger partial charge on any atom is -0.488 e. The van der Waals surface area contributed by atoms with Gasteiger partial charge in [-0.05, 0) is 50.9 Å². The van der Waals surface area contributed by atoms with Crippen LogP contribution < -0.4 is 9.64 Å². The number of nitrogens with zero attached hydrogens (tertiary/aromatic N) is 3. The number of amides is 1. The van der Waals surface area contributed by atoms with Crippen LogP contribution in [0, 0.1) is 11.8 Å². The van der Waals surface area contributed by atoms with Crippen molar-refractivity contribution in [2.75, 3.05) is 52.3 Å². The first-order chi connectivity index (χ1) is 14.8. The first-order valence-corrected chi connectivity index (χ1v) is 11.9. The highest BCUT2D eigenvalue weighted by atomic mass is 16.5. The Labute approximate surface area is 188 Å². The molecule has 31 heavy (non-hydrogen) atoms. The summed E-state index contributed by atoms with van der Waals surface area (Å²) < 4.78 is 6.51. The van der Waals surface area contributed by atoms with E-state index in [0.717, 1.165) is 24.7 Å². The SMILES string of the molecule is C[C@@H]1CN([C@H](C)CO)C(=O)c2cc(N(C)C)ccc2O[C@H]1CN(C)CC1CCCCC1. The van der Waals surface area contributed by atoms with Gasteiger partial charge in [-0.1, -0.05) is 26.2 Å². The van der Waals surface area contributed by atoms with Crippen molar-refractivity contribution in [1.82, 2.24) is 9.80 Å². The van der Waals surface area contributed by atoms with E-state index in [-0.39, 0.29) is 30.6 Å². The molecule has 0 unspecified atom stereocenters.